The molecule has 0 saturated heterocycles. The Bertz CT molecular complexity index is 1020. The van der Waals surface area contributed by atoms with Gasteiger partial charge in [0.2, 0.25) is 5.78 Å². The van der Waals surface area contributed by atoms with E-state index in [0.717, 1.165) is 0 Å². The van der Waals surface area contributed by atoms with Gasteiger partial charge < -0.3 is 19.7 Å². The molecule has 2 unspecified atom stereocenters. The molecule has 0 amide bonds. The minimum atomic E-state index is -1.05. The summed E-state index contributed by atoms with van der Waals surface area (Å²) < 4.78 is 11.9. The van der Waals surface area contributed by atoms with Gasteiger partial charge in [-0.2, -0.15) is 0 Å². The number of aliphatic hydroxyl groups is 2. The molecule has 2 N–H and O–H groups in total. The highest BCUT2D eigenvalue weighted by Gasteiger charge is 2.38. The Hall–Kier alpha value is -2.70. The molecule has 0 spiro atoms. The SMILES string of the molecule is Cc1cc2c(c(OC(C)C)c1C(O)CC(C)O)C(=O)c1c(OC(C)C)cccc1C2=O. The van der Waals surface area contributed by atoms with Crippen LogP contribution < -0.4 is 9.47 Å². The van der Waals surface area contributed by atoms with Gasteiger partial charge in [-0.3, -0.25) is 9.59 Å². The van der Waals surface area contributed by atoms with E-state index in [2.05, 4.69) is 0 Å². The number of carbonyl (C=O) groups is 2. The lowest BCUT2D eigenvalue weighted by Gasteiger charge is -2.28. The van der Waals surface area contributed by atoms with Crippen LogP contribution in [0.3, 0.4) is 0 Å². The Labute approximate surface area is 182 Å². The van der Waals surface area contributed by atoms with Crippen molar-refractivity contribution in [2.45, 2.75) is 72.4 Å². The first-order chi connectivity index (χ1) is 14.5. The number of aryl methyl sites for hydroxylation is 1. The van der Waals surface area contributed by atoms with Crippen molar-refractivity contribution >= 4 is 11.6 Å². The number of hydrogen-bond donors (Lipinski definition) is 2. The van der Waals surface area contributed by atoms with Crippen LogP contribution in [0.5, 0.6) is 11.5 Å². The van der Waals surface area contributed by atoms with Crippen molar-refractivity contribution in [3.63, 3.8) is 0 Å². The molecular formula is C25H30O6. The number of ketones is 2. The zero-order valence-electron chi connectivity index (χ0n) is 18.9. The predicted molar refractivity (Wildman–Crippen MR) is 117 cm³/mol. The maximum atomic E-state index is 13.7. The second-order valence-electron chi connectivity index (χ2n) is 8.63. The molecule has 1 aliphatic rings. The summed E-state index contributed by atoms with van der Waals surface area (Å²) in [6.07, 6.45) is -2.19. The van der Waals surface area contributed by atoms with Crippen molar-refractivity contribution in [1.82, 2.24) is 0 Å². The first-order valence-electron chi connectivity index (χ1n) is 10.6. The fourth-order valence-electron chi connectivity index (χ4n) is 4.00. The number of benzene rings is 2. The number of fused-ring (bicyclic) bond motifs is 2. The molecular weight excluding hydrogens is 396 g/mol. The number of ether oxygens (including phenoxy) is 2. The van der Waals surface area contributed by atoms with Crippen LogP contribution in [0, 0.1) is 6.92 Å². The summed E-state index contributed by atoms with van der Waals surface area (Å²) in [5, 5.41) is 20.6. The average Bonchev–Trinajstić information content (AvgIpc) is 2.64. The molecule has 166 valence electrons. The van der Waals surface area contributed by atoms with Crippen LogP contribution in [0.25, 0.3) is 0 Å². The van der Waals surface area contributed by atoms with Gasteiger partial charge in [0.1, 0.15) is 11.5 Å². The lowest BCUT2D eigenvalue weighted by Crippen LogP contribution is -2.26. The van der Waals surface area contributed by atoms with Crippen molar-refractivity contribution in [2.75, 3.05) is 0 Å². The third-order valence-electron chi connectivity index (χ3n) is 5.11. The van der Waals surface area contributed by atoms with E-state index in [1.807, 2.05) is 27.7 Å². The molecule has 0 radical (unpaired) electrons. The highest BCUT2D eigenvalue weighted by atomic mass is 16.5. The normalized spacial score (nSPS) is 15.0. The van der Waals surface area contributed by atoms with Crippen molar-refractivity contribution in [1.29, 1.82) is 0 Å². The number of aliphatic hydroxyl groups excluding tert-OH is 2. The fourth-order valence-corrected chi connectivity index (χ4v) is 4.00. The Kier molecular flexibility index (Phi) is 6.53. The van der Waals surface area contributed by atoms with E-state index in [-0.39, 0.29) is 52.6 Å². The van der Waals surface area contributed by atoms with E-state index in [1.165, 1.54) is 0 Å². The average molecular weight is 427 g/mol. The second kappa shape index (κ2) is 8.81. The molecule has 0 fully saturated rings. The minimum absolute atomic E-state index is 0.0779. The topological polar surface area (TPSA) is 93.1 Å². The molecule has 2 aromatic carbocycles. The predicted octanol–water partition coefficient (Wildman–Crippen LogP) is 4.15. The van der Waals surface area contributed by atoms with E-state index in [0.29, 0.717) is 22.4 Å². The lowest BCUT2D eigenvalue weighted by atomic mass is 9.80. The Morgan fingerprint density at radius 1 is 0.871 bits per heavy atom. The van der Waals surface area contributed by atoms with Crippen molar-refractivity contribution in [2.24, 2.45) is 0 Å². The van der Waals surface area contributed by atoms with Crippen molar-refractivity contribution < 1.29 is 29.3 Å². The van der Waals surface area contributed by atoms with Gasteiger partial charge in [0.25, 0.3) is 0 Å². The Balaban J connectivity index is 2.30. The number of rotatable bonds is 7. The van der Waals surface area contributed by atoms with Gasteiger partial charge in [0, 0.05) is 23.1 Å². The van der Waals surface area contributed by atoms with Crippen LogP contribution >= 0.6 is 0 Å². The van der Waals surface area contributed by atoms with E-state index < -0.39 is 12.2 Å². The second-order valence-corrected chi connectivity index (χ2v) is 8.63. The van der Waals surface area contributed by atoms with Gasteiger partial charge in [-0.15, -0.1) is 0 Å². The van der Waals surface area contributed by atoms with Crippen LogP contribution in [-0.2, 0) is 0 Å². The molecule has 6 heteroatoms. The molecule has 0 aliphatic heterocycles. The number of hydrogen-bond acceptors (Lipinski definition) is 6. The van der Waals surface area contributed by atoms with Gasteiger partial charge in [-0.25, -0.2) is 0 Å². The molecule has 31 heavy (non-hydrogen) atoms. The van der Waals surface area contributed by atoms with Gasteiger partial charge >= 0.3 is 0 Å². The molecule has 0 heterocycles. The first kappa shape index (κ1) is 23.0. The van der Waals surface area contributed by atoms with Crippen LogP contribution in [0.4, 0.5) is 0 Å². The van der Waals surface area contributed by atoms with Crippen LogP contribution in [-0.4, -0.2) is 40.1 Å². The standard InChI is InChI=1S/C25H30O6/c1-12(2)30-19-9-7-8-16-21(19)24(29)22-17(23(16)28)10-14(5)20(18(27)11-15(6)26)25(22)31-13(3)4/h7-10,12-13,15,18,26-27H,11H2,1-6H3. The summed E-state index contributed by atoms with van der Waals surface area (Å²) in [6, 6.07) is 6.63. The zero-order valence-corrected chi connectivity index (χ0v) is 18.9. The molecule has 2 aromatic rings. The van der Waals surface area contributed by atoms with E-state index in [1.54, 1.807) is 38.1 Å². The van der Waals surface area contributed by atoms with Crippen LogP contribution in [0.2, 0.25) is 0 Å². The van der Waals surface area contributed by atoms with Gasteiger partial charge in [-0.05, 0) is 59.2 Å². The lowest BCUT2D eigenvalue weighted by molar-refractivity contribution is 0.0863. The van der Waals surface area contributed by atoms with E-state index in [9.17, 15) is 19.8 Å². The number of carbonyl (C=O) groups excluding carboxylic acids is 2. The van der Waals surface area contributed by atoms with Gasteiger partial charge in [0.15, 0.2) is 5.78 Å². The van der Waals surface area contributed by atoms with Gasteiger partial charge in [-0.1, -0.05) is 12.1 Å². The monoisotopic (exact) mass is 426 g/mol. The molecule has 2 atom stereocenters. The maximum Gasteiger partial charge on any atom is 0.201 e. The highest BCUT2D eigenvalue weighted by molar-refractivity contribution is 6.30. The van der Waals surface area contributed by atoms with Crippen molar-refractivity contribution in [3.8, 4) is 11.5 Å². The fraction of sp³-hybridized carbons (Fsp3) is 0.440. The summed E-state index contributed by atoms with van der Waals surface area (Å²) in [6.45, 7) is 10.7. The Morgan fingerprint density at radius 2 is 1.52 bits per heavy atom. The highest BCUT2D eigenvalue weighted by Crippen LogP contribution is 2.43. The molecule has 0 aromatic heterocycles. The summed E-state index contributed by atoms with van der Waals surface area (Å²) in [4.78, 5) is 27.1. The molecule has 0 saturated carbocycles. The third-order valence-corrected chi connectivity index (χ3v) is 5.11. The summed E-state index contributed by atoms with van der Waals surface area (Å²) in [5.74, 6) is -0.116. The molecule has 0 bridgehead atoms. The van der Waals surface area contributed by atoms with E-state index in [4.69, 9.17) is 9.47 Å². The molecule has 3 rings (SSSR count). The van der Waals surface area contributed by atoms with Crippen molar-refractivity contribution in [3.05, 3.63) is 57.6 Å². The molecule has 6 nitrogen and oxygen atoms in total. The summed E-state index contributed by atoms with van der Waals surface area (Å²) >= 11 is 0. The van der Waals surface area contributed by atoms with E-state index >= 15 is 0 Å². The Morgan fingerprint density at radius 3 is 2.10 bits per heavy atom. The quantitative estimate of drug-likeness (QED) is 0.590. The van der Waals surface area contributed by atoms with Gasteiger partial charge in [0.05, 0.1) is 35.5 Å². The minimum Gasteiger partial charge on any atom is -0.490 e. The summed E-state index contributed by atoms with van der Waals surface area (Å²) in [7, 11) is 0. The van der Waals surface area contributed by atoms with Crippen LogP contribution in [0.1, 0.15) is 90.1 Å². The smallest absolute Gasteiger partial charge is 0.201 e. The summed E-state index contributed by atoms with van der Waals surface area (Å²) in [5.41, 5.74) is 1.93. The maximum absolute atomic E-state index is 13.7. The largest absolute Gasteiger partial charge is 0.490 e. The first-order valence-corrected chi connectivity index (χ1v) is 10.6. The van der Waals surface area contributed by atoms with Crippen LogP contribution in [0.15, 0.2) is 24.3 Å². The zero-order chi connectivity index (χ0) is 23.0. The third kappa shape index (κ3) is 4.36. The molecule has 1 aliphatic carbocycles.